The van der Waals surface area contributed by atoms with Crippen molar-refractivity contribution < 1.29 is 0 Å². The Morgan fingerprint density at radius 3 is 2.50 bits per heavy atom. The Kier molecular flexibility index (Phi) is 2.86. The first-order valence-electron chi connectivity index (χ1n) is 4.06. The van der Waals surface area contributed by atoms with Gasteiger partial charge in [-0.05, 0) is 26.0 Å². The molecule has 1 heterocycles. The molecule has 64 valence electrons. The lowest BCUT2D eigenvalue weighted by Crippen LogP contribution is -1.88. The van der Waals surface area contributed by atoms with E-state index in [0.29, 0.717) is 0 Å². The van der Waals surface area contributed by atoms with E-state index in [1.807, 2.05) is 50.0 Å². The monoisotopic (exact) mass is 162 g/mol. The highest BCUT2D eigenvalue weighted by Crippen LogP contribution is 2.09. The van der Waals surface area contributed by atoms with Crippen molar-refractivity contribution in [2.24, 2.45) is 7.05 Å². The third-order valence-electron chi connectivity index (χ3n) is 1.66. The Balaban J connectivity index is 3.12. The van der Waals surface area contributed by atoms with E-state index in [1.54, 1.807) is 0 Å². The molecule has 0 aliphatic heterocycles. The molecule has 0 aliphatic carbocycles. The molecule has 0 aromatic carbocycles. The molecule has 2 heteroatoms. The fraction of sp³-hybridized carbons (Fsp3) is 0.300. The zero-order chi connectivity index (χ0) is 8.97. The van der Waals surface area contributed by atoms with Crippen LogP contribution in [0.25, 0.3) is 12.2 Å². The van der Waals surface area contributed by atoms with Crippen LogP contribution in [0, 0.1) is 0 Å². The molecule has 0 N–H and O–H groups in total. The van der Waals surface area contributed by atoms with Gasteiger partial charge in [0.15, 0.2) is 0 Å². The van der Waals surface area contributed by atoms with Gasteiger partial charge in [-0.15, -0.1) is 0 Å². The van der Waals surface area contributed by atoms with Gasteiger partial charge in [0, 0.05) is 7.05 Å². The van der Waals surface area contributed by atoms with Gasteiger partial charge in [0.05, 0.1) is 17.7 Å². The number of nitrogens with zero attached hydrogens (tertiary/aromatic N) is 2. The Morgan fingerprint density at radius 2 is 1.92 bits per heavy atom. The number of hydrogen-bond acceptors (Lipinski definition) is 1. The van der Waals surface area contributed by atoms with E-state index in [4.69, 9.17) is 0 Å². The van der Waals surface area contributed by atoms with Crippen molar-refractivity contribution in [1.29, 1.82) is 0 Å². The molecule has 0 bridgehead atoms. The van der Waals surface area contributed by atoms with Gasteiger partial charge < -0.3 is 4.57 Å². The molecule has 0 atom stereocenters. The van der Waals surface area contributed by atoms with Gasteiger partial charge in [0.25, 0.3) is 0 Å². The van der Waals surface area contributed by atoms with Crippen LogP contribution in [-0.2, 0) is 7.05 Å². The molecule has 0 unspecified atom stereocenters. The first-order valence-corrected chi connectivity index (χ1v) is 4.06. The Labute approximate surface area is 73.2 Å². The lowest BCUT2D eigenvalue weighted by Gasteiger charge is -1.95. The molecule has 0 saturated heterocycles. The van der Waals surface area contributed by atoms with E-state index < -0.39 is 0 Å². The highest BCUT2D eigenvalue weighted by atomic mass is 15.0. The van der Waals surface area contributed by atoms with Gasteiger partial charge >= 0.3 is 0 Å². The minimum atomic E-state index is 1.03. The third kappa shape index (κ3) is 1.64. The van der Waals surface area contributed by atoms with Gasteiger partial charge in [0.2, 0.25) is 0 Å². The zero-order valence-electron chi connectivity index (χ0n) is 7.78. The quantitative estimate of drug-likeness (QED) is 0.653. The van der Waals surface area contributed by atoms with Crippen LogP contribution in [0.15, 0.2) is 18.5 Å². The number of imidazole rings is 1. The summed E-state index contributed by atoms with van der Waals surface area (Å²) in [6.45, 7) is 4.00. The third-order valence-corrected chi connectivity index (χ3v) is 1.66. The summed E-state index contributed by atoms with van der Waals surface area (Å²) < 4.78 is 2.01. The molecule has 1 aromatic heterocycles. The molecule has 0 fully saturated rings. The molecule has 1 aromatic rings. The van der Waals surface area contributed by atoms with Crippen molar-refractivity contribution in [3.05, 3.63) is 29.9 Å². The van der Waals surface area contributed by atoms with E-state index in [-0.39, 0.29) is 0 Å². The number of rotatable bonds is 2. The summed E-state index contributed by atoms with van der Waals surface area (Å²) in [5, 5.41) is 0. The van der Waals surface area contributed by atoms with Crippen LogP contribution in [0.5, 0.6) is 0 Å². The van der Waals surface area contributed by atoms with Gasteiger partial charge in [-0.2, -0.15) is 0 Å². The Hall–Kier alpha value is -1.31. The summed E-state index contributed by atoms with van der Waals surface area (Å²) in [7, 11) is 2.00. The first-order chi connectivity index (χ1) is 5.79. The highest BCUT2D eigenvalue weighted by Gasteiger charge is 2.00. The van der Waals surface area contributed by atoms with Gasteiger partial charge in [-0.3, -0.25) is 0 Å². The fourth-order valence-electron chi connectivity index (χ4n) is 1.10. The van der Waals surface area contributed by atoms with Crippen LogP contribution >= 0.6 is 0 Å². The van der Waals surface area contributed by atoms with Gasteiger partial charge in [-0.25, -0.2) is 4.98 Å². The normalized spacial score (nSPS) is 11.9. The second-order valence-electron chi connectivity index (χ2n) is 2.63. The highest BCUT2D eigenvalue weighted by molar-refractivity contribution is 5.59. The van der Waals surface area contributed by atoms with E-state index in [0.717, 1.165) is 11.4 Å². The predicted molar refractivity (Wildman–Crippen MR) is 52.6 cm³/mol. The molecule has 12 heavy (non-hydrogen) atoms. The van der Waals surface area contributed by atoms with Crippen LogP contribution in [0.2, 0.25) is 0 Å². The van der Waals surface area contributed by atoms with Crippen LogP contribution in [0.1, 0.15) is 25.2 Å². The summed E-state index contributed by atoms with van der Waals surface area (Å²) in [5.41, 5.74) is 2.17. The largest absolute Gasteiger partial charge is 0.334 e. The van der Waals surface area contributed by atoms with Crippen molar-refractivity contribution in [3.8, 4) is 0 Å². The first kappa shape index (κ1) is 8.78. The number of allylic oxidation sites excluding steroid dienone is 2. The second-order valence-corrected chi connectivity index (χ2v) is 2.63. The average molecular weight is 162 g/mol. The molecule has 0 radical (unpaired) electrons. The zero-order valence-corrected chi connectivity index (χ0v) is 7.78. The van der Waals surface area contributed by atoms with Gasteiger partial charge in [0.1, 0.15) is 0 Å². The Morgan fingerprint density at radius 1 is 1.25 bits per heavy atom. The van der Waals surface area contributed by atoms with Crippen LogP contribution in [0.3, 0.4) is 0 Å². The molecule has 0 spiro atoms. The lowest BCUT2D eigenvalue weighted by atomic mass is 10.3. The van der Waals surface area contributed by atoms with Crippen LogP contribution < -0.4 is 0 Å². The van der Waals surface area contributed by atoms with E-state index in [1.165, 1.54) is 0 Å². The molecular weight excluding hydrogens is 148 g/mol. The second kappa shape index (κ2) is 3.90. The fourth-order valence-corrected chi connectivity index (χ4v) is 1.10. The van der Waals surface area contributed by atoms with Crippen molar-refractivity contribution >= 4 is 12.2 Å². The predicted octanol–water partition coefficient (Wildman–Crippen LogP) is 2.49. The molecule has 2 nitrogen and oxygen atoms in total. The summed E-state index contributed by atoms with van der Waals surface area (Å²) in [6.07, 6.45) is 9.90. The summed E-state index contributed by atoms with van der Waals surface area (Å²) >= 11 is 0. The topological polar surface area (TPSA) is 17.8 Å². The molecule has 0 amide bonds. The molecular formula is C10H14N2. The lowest BCUT2D eigenvalue weighted by molar-refractivity contribution is 0.902. The number of hydrogen-bond donors (Lipinski definition) is 0. The molecule has 1 rings (SSSR count). The van der Waals surface area contributed by atoms with Crippen LogP contribution in [-0.4, -0.2) is 9.55 Å². The summed E-state index contributed by atoms with van der Waals surface area (Å²) in [4.78, 5) is 4.25. The standard InChI is InChI=1S/C10H14N2/c1-4-6-9-10(7-5-2)12(3)8-11-9/h4-8H,1-3H3/b6-4+,7-5-. The van der Waals surface area contributed by atoms with E-state index >= 15 is 0 Å². The van der Waals surface area contributed by atoms with Crippen LogP contribution in [0.4, 0.5) is 0 Å². The Bertz CT molecular complexity index is 306. The number of aryl methyl sites for hydroxylation is 1. The van der Waals surface area contributed by atoms with Crippen molar-refractivity contribution in [2.75, 3.05) is 0 Å². The van der Waals surface area contributed by atoms with E-state index in [9.17, 15) is 0 Å². The number of aromatic nitrogens is 2. The summed E-state index contributed by atoms with van der Waals surface area (Å²) in [6, 6.07) is 0. The maximum atomic E-state index is 4.25. The van der Waals surface area contributed by atoms with E-state index in [2.05, 4.69) is 11.1 Å². The smallest absolute Gasteiger partial charge is 0.0955 e. The summed E-state index contributed by atoms with van der Waals surface area (Å²) in [5.74, 6) is 0. The maximum Gasteiger partial charge on any atom is 0.0955 e. The molecule has 0 aliphatic rings. The SMILES string of the molecule is C/C=C\c1c(/C=C/C)ncn1C. The van der Waals surface area contributed by atoms with Gasteiger partial charge in [-0.1, -0.05) is 12.2 Å². The maximum absolute atomic E-state index is 4.25. The minimum absolute atomic E-state index is 1.03. The van der Waals surface area contributed by atoms with Crippen molar-refractivity contribution in [2.45, 2.75) is 13.8 Å². The molecule has 0 saturated carbocycles. The average Bonchev–Trinajstić information content (AvgIpc) is 2.37. The van der Waals surface area contributed by atoms with Crippen molar-refractivity contribution in [1.82, 2.24) is 9.55 Å². The van der Waals surface area contributed by atoms with Crippen molar-refractivity contribution in [3.63, 3.8) is 0 Å². The minimum Gasteiger partial charge on any atom is -0.334 e.